The van der Waals surface area contributed by atoms with Crippen LogP contribution in [0.5, 0.6) is 11.5 Å². The number of benzene rings is 3. The summed E-state index contributed by atoms with van der Waals surface area (Å²) in [6, 6.07) is 18.0. The molecule has 0 saturated heterocycles. The lowest BCUT2D eigenvalue weighted by molar-refractivity contribution is -0.136. The van der Waals surface area contributed by atoms with Gasteiger partial charge >= 0.3 is 17.8 Å². The van der Waals surface area contributed by atoms with Crippen LogP contribution >= 0.6 is 27.5 Å². The summed E-state index contributed by atoms with van der Waals surface area (Å²) in [6.07, 6.45) is 1.24. The van der Waals surface area contributed by atoms with E-state index >= 15 is 0 Å². The molecular weight excluding hydrogens is 514 g/mol. The van der Waals surface area contributed by atoms with Gasteiger partial charge < -0.3 is 14.8 Å². The summed E-state index contributed by atoms with van der Waals surface area (Å²) < 4.78 is 11.2. The van der Waals surface area contributed by atoms with Gasteiger partial charge in [-0.25, -0.2) is 10.2 Å². The van der Waals surface area contributed by atoms with Gasteiger partial charge in [0.05, 0.1) is 29.6 Å². The van der Waals surface area contributed by atoms with Crippen LogP contribution in [-0.4, -0.2) is 31.1 Å². The molecule has 0 radical (unpaired) electrons. The molecule has 168 valence electrons. The molecule has 3 aromatic carbocycles. The Bertz CT molecular complexity index is 1230. The van der Waals surface area contributed by atoms with E-state index in [2.05, 4.69) is 31.8 Å². The first-order valence-corrected chi connectivity index (χ1v) is 10.6. The number of amides is 2. The quantitative estimate of drug-likeness (QED) is 0.161. The summed E-state index contributed by atoms with van der Waals surface area (Å²) in [7, 11) is 1.45. The Morgan fingerprint density at radius 1 is 0.970 bits per heavy atom. The van der Waals surface area contributed by atoms with Gasteiger partial charge in [-0.05, 0) is 42.5 Å². The van der Waals surface area contributed by atoms with Gasteiger partial charge in [-0.15, -0.1) is 0 Å². The maximum atomic E-state index is 12.5. The number of para-hydroxylation sites is 2. The first-order valence-electron chi connectivity index (χ1n) is 9.42. The maximum Gasteiger partial charge on any atom is 0.345 e. The number of nitrogens with zero attached hydrogens (tertiary/aromatic N) is 1. The second-order valence-corrected chi connectivity index (χ2v) is 7.73. The highest BCUT2D eigenvalue weighted by Crippen LogP contribution is 2.25. The van der Waals surface area contributed by atoms with Crippen LogP contribution in [0.25, 0.3) is 0 Å². The molecule has 0 aliphatic rings. The molecule has 0 saturated carbocycles. The van der Waals surface area contributed by atoms with Gasteiger partial charge in [0, 0.05) is 10.0 Å². The van der Waals surface area contributed by atoms with Gasteiger partial charge in [0.1, 0.15) is 11.5 Å². The second kappa shape index (κ2) is 11.3. The number of rotatable bonds is 6. The third-order valence-corrected chi connectivity index (χ3v) is 5.02. The van der Waals surface area contributed by atoms with E-state index < -0.39 is 17.8 Å². The molecule has 3 rings (SSSR count). The van der Waals surface area contributed by atoms with E-state index in [9.17, 15) is 14.4 Å². The number of carbonyl (C=O) groups is 3. The van der Waals surface area contributed by atoms with Gasteiger partial charge in [0.25, 0.3) is 0 Å². The first-order chi connectivity index (χ1) is 15.9. The van der Waals surface area contributed by atoms with Crippen molar-refractivity contribution in [3.63, 3.8) is 0 Å². The second-order valence-electron chi connectivity index (χ2n) is 6.41. The number of esters is 1. The van der Waals surface area contributed by atoms with Crippen molar-refractivity contribution in [2.24, 2.45) is 5.10 Å². The van der Waals surface area contributed by atoms with Gasteiger partial charge in [0.2, 0.25) is 0 Å². The van der Waals surface area contributed by atoms with Crippen molar-refractivity contribution < 1.29 is 23.9 Å². The molecule has 0 aromatic heterocycles. The van der Waals surface area contributed by atoms with Crippen LogP contribution in [0, 0.1) is 0 Å². The van der Waals surface area contributed by atoms with Crippen LogP contribution in [0.1, 0.15) is 15.9 Å². The topological polar surface area (TPSA) is 106 Å². The number of hydrazone groups is 1. The lowest BCUT2D eigenvalue weighted by Crippen LogP contribution is -2.32. The standard InChI is InChI=1S/C23H17BrClN3O5/c1-32-20-9-5-4-8-18(20)27-21(29)22(30)28-26-13-14-12-15(24)10-11-19(14)33-23(31)16-6-2-3-7-17(16)25/h2-13H,1H3,(H,27,29)(H,28,30). The van der Waals surface area contributed by atoms with E-state index in [4.69, 9.17) is 21.1 Å². The number of carbonyl (C=O) groups excluding carboxylic acids is 3. The third-order valence-electron chi connectivity index (χ3n) is 4.20. The molecule has 33 heavy (non-hydrogen) atoms. The van der Waals surface area contributed by atoms with Crippen molar-refractivity contribution in [2.75, 3.05) is 12.4 Å². The van der Waals surface area contributed by atoms with E-state index in [-0.39, 0.29) is 16.3 Å². The highest BCUT2D eigenvalue weighted by atomic mass is 79.9. The van der Waals surface area contributed by atoms with Gasteiger partial charge in [-0.3, -0.25) is 9.59 Å². The summed E-state index contributed by atoms with van der Waals surface area (Å²) in [5.41, 5.74) is 3.04. The lowest BCUT2D eigenvalue weighted by atomic mass is 10.2. The average Bonchev–Trinajstić information content (AvgIpc) is 2.81. The van der Waals surface area contributed by atoms with Crippen molar-refractivity contribution in [1.82, 2.24) is 5.43 Å². The van der Waals surface area contributed by atoms with Crippen LogP contribution in [0.15, 0.2) is 76.3 Å². The zero-order valence-electron chi connectivity index (χ0n) is 17.2. The fourth-order valence-corrected chi connectivity index (χ4v) is 3.22. The molecule has 0 aliphatic carbocycles. The normalized spacial score (nSPS) is 10.5. The van der Waals surface area contributed by atoms with Crippen LogP contribution in [0.2, 0.25) is 5.02 Å². The van der Waals surface area contributed by atoms with E-state index in [0.29, 0.717) is 21.5 Å². The Morgan fingerprint density at radius 3 is 2.45 bits per heavy atom. The predicted molar refractivity (Wildman–Crippen MR) is 128 cm³/mol. The molecule has 10 heteroatoms. The zero-order chi connectivity index (χ0) is 23.8. The molecule has 0 fully saturated rings. The largest absolute Gasteiger partial charge is 0.495 e. The van der Waals surface area contributed by atoms with E-state index in [0.717, 1.165) is 0 Å². The molecule has 0 spiro atoms. The number of ether oxygens (including phenoxy) is 2. The van der Waals surface area contributed by atoms with E-state index in [1.54, 1.807) is 60.7 Å². The van der Waals surface area contributed by atoms with Crippen LogP contribution in [0.4, 0.5) is 5.69 Å². The summed E-state index contributed by atoms with van der Waals surface area (Å²) in [5.74, 6) is -2.00. The van der Waals surface area contributed by atoms with Gasteiger partial charge in [-0.1, -0.05) is 51.8 Å². The number of anilines is 1. The minimum atomic E-state index is -0.998. The van der Waals surface area contributed by atoms with Crippen LogP contribution in [-0.2, 0) is 9.59 Å². The Morgan fingerprint density at radius 2 is 1.70 bits per heavy atom. The molecule has 2 amide bonds. The monoisotopic (exact) mass is 529 g/mol. The Labute approximate surface area is 202 Å². The first kappa shape index (κ1) is 24.0. The number of nitrogens with one attached hydrogen (secondary N) is 2. The van der Waals surface area contributed by atoms with Crippen LogP contribution < -0.4 is 20.2 Å². The minimum Gasteiger partial charge on any atom is -0.495 e. The number of methoxy groups -OCH3 is 1. The summed E-state index contributed by atoms with van der Waals surface area (Å²) in [6.45, 7) is 0. The molecule has 0 aliphatic heterocycles. The Balaban J connectivity index is 1.68. The van der Waals surface area contributed by atoms with E-state index in [1.807, 2.05) is 0 Å². The Kier molecular flexibility index (Phi) is 8.17. The summed E-state index contributed by atoms with van der Waals surface area (Å²) in [5, 5.41) is 6.48. The molecule has 2 N–H and O–H groups in total. The van der Waals surface area contributed by atoms with Crippen LogP contribution in [0.3, 0.4) is 0 Å². The van der Waals surface area contributed by atoms with Gasteiger partial charge in [0.15, 0.2) is 0 Å². The smallest absolute Gasteiger partial charge is 0.345 e. The number of hydrogen-bond donors (Lipinski definition) is 2. The highest BCUT2D eigenvalue weighted by Gasteiger charge is 2.16. The molecule has 0 bridgehead atoms. The SMILES string of the molecule is COc1ccccc1NC(=O)C(=O)NN=Cc1cc(Br)ccc1OC(=O)c1ccccc1Cl. The Hall–Kier alpha value is -3.69. The fourth-order valence-electron chi connectivity index (χ4n) is 2.63. The maximum absolute atomic E-state index is 12.5. The van der Waals surface area contributed by atoms with Crippen molar-refractivity contribution in [1.29, 1.82) is 0 Å². The molecular formula is C23H17BrClN3O5. The number of hydrogen-bond acceptors (Lipinski definition) is 6. The molecule has 0 heterocycles. The van der Waals surface area contributed by atoms with Crippen molar-refractivity contribution in [3.8, 4) is 11.5 Å². The summed E-state index contributed by atoms with van der Waals surface area (Å²) in [4.78, 5) is 36.7. The molecule has 0 atom stereocenters. The third kappa shape index (κ3) is 6.41. The zero-order valence-corrected chi connectivity index (χ0v) is 19.5. The fraction of sp³-hybridized carbons (Fsp3) is 0.0435. The molecule has 3 aromatic rings. The molecule has 0 unspecified atom stereocenters. The lowest BCUT2D eigenvalue weighted by Gasteiger charge is -2.09. The van der Waals surface area contributed by atoms with Crippen molar-refractivity contribution in [2.45, 2.75) is 0 Å². The highest BCUT2D eigenvalue weighted by molar-refractivity contribution is 9.10. The summed E-state index contributed by atoms with van der Waals surface area (Å²) >= 11 is 9.37. The van der Waals surface area contributed by atoms with Crippen molar-refractivity contribution in [3.05, 3.63) is 87.4 Å². The minimum absolute atomic E-state index is 0.180. The number of halogens is 2. The average molecular weight is 531 g/mol. The predicted octanol–water partition coefficient (Wildman–Crippen LogP) is 4.42. The van der Waals surface area contributed by atoms with Crippen molar-refractivity contribution >= 4 is 57.2 Å². The van der Waals surface area contributed by atoms with Gasteiger partial charge in [-0.2, -0.15) is 5.10 Å². The van der Waals surface area contributed by atoms with E-state index in [1.165, 1.54) is 19.4 Å². The molecule has 8 nitrogen and oxygen atoms in total.